The van der Waals surface area contributed by atoms with Gasteiger partial charge < -0.3 is 5.32 Å². The number of benzene rings is 2. The van der Waals surface area contributed by atoms with Crippen molar-refractivity contribution in [1.29, 1.82) is 0 Å². The minimum Gasteiger partial charge on any atom is -0.309 e. The summed E-state index contributed by atoms with van der Waals surface area (Å²) in [5.74, 6) is 0.560. The van der Waals surface area contributed by atoms with Crippen LogP contribution in [0.5, 0.6) is 0 Å². The molecular weight excluding hydrogens is 286 g/mol. The van der Waals surface area contributed by atoms with Crippen molar-refractivity contribution in [3.8, 4) is 11.1 Å². The van der Waals surface area contributed by atoms with Gasteiger partial charge in [-0.25, -0.2) is 0 Å². The molecular formula is C19H19N3O. The second-order valence-corrected chi connectivity index (χ2v) is 5.47. The van der Waals surface area contributed by atoms with Crippen LogP contribution in [-0.2, 0) is 11.2 Å². The minimum atomic E-state index is -0.0301. The van der Waals surface area contributed by atoms with E-state index in [-0.39, 0.29) is 5.91 Å². The Morgan fingerprint density at radius 1 is 1.04 bits per heavy atom. The lowest BCUT2D eigenvalue weighted by atomic mass is 10.1. The van der Waals surface area contributed by atoms with E-state index < -0.39 is 0 Å². The summed E-state index contributed by atoms with van der Waals surface area (Å²) in [6.07, 6.45) is 1.15. The fourth-order valence-electron chi connectivity index (χ4n) is 2.57. The highest BCUT2D eigenvalue weighted by atomic mass is 16.1. The van der Waals surface area contributed by atoms with Crippen LogP contribution < -0.4 is 5.32 Å². The van der Waals surface area contributed by atoms with Crippen LogP contribution in [0.1, 0.15) is 17.7 Å². The van der Waals surface area contributed by atoms with Crippen molar-refractivity contribution < 1.29 is 4.79 Å². The first-order chi connectivity index (χ1) is 11.2. The van der Waals surface area contributed by atoms with Gasteiger partial charge in [0.25, 0.3) is 0 Å². The van der Waals surface area contributed by atoms with Crippen molar-refractivity contribution in [3.63, 3.8) is 0 Å². The minimum absolute atomic E-state index is 0.0301. The Bertz CT molecular complexity index is 779. The van der Waals surface area contributed by atoms with Gasteiger partial charge in [0.05, 0.1) is 0 Å². The Labute approximate surface area is 135 Å². The van der Waals surface area contributed by atoms with Crippen molar-refractivity contribution in [2.75, 3.05) is 5.32 Å². The first kappa shape index (κ1) is 15.0. The molecule has 2 aromatic carbocycles. The SMILES string of the molecule is Cc1[nH]nc(NC(=O)CCc2ccccc2)c1-c1ccccc1. The molecule has 4 nitrogen and oxygen atoms in total. The van der Waals surface area contributed by atoms with E-state index in [4.69, 9.17) is 0 Å². The van der Waals surface area contributed by atoms with E-state index in [1.165, 1.54) is 0 Å². The third kappa shape index (κ3) is 3.66. The molecule has 116 valence electrons. The van der Waals surface area contributed by atoms with Gasteiger partial charge in [-0.3, -0.25) is 9.89 Å². The Hall–Kier alpha value is -2.88. The highest BCUT2D eigenvalue weighted by Gasteiger charge is 2.14. The molecule has 0 atom stereocenters. The Kier molecular flexibility index (Phi) is 4.52. The van der Waals surface area contributed by atoms with Gasteiger partial charge in [0.2, 0.25) is 5.91 Å². The average Bonchev–Trinajstić information content (AvgIpc) is 2.95. The van der Waals surface area contributed by atoms with Crippen LogP contribution in [0.2, 0.25) is 0 Å². The van der Waals surface area contributed by atoms with Gasteiger partial charge in [0, 0.05) is 17.7 Å². The number of carbonyl (C=O) groups is 1. The molecule has 0 saturated carbocycles. The second kappa shape index (κ2) is 6.92. The smallest absolute Gasteiger partial charge is 0.225 e. The van der Waals surface area contributed by atoms with Crippen LogP contribution in [0.4, 0.5) is 5.82 Å². The fourth-order valence-corrected chi connectivity index (χ4v) is 2.57. The number of hydrogen-bond donors (Lipinski definition) is 2. The van der Waals surface area contributed by atoms with Gasteiger partial charge in [-0.05, 0) is 24.5 Å². The molecule has 1 heterocycles. The summed E-state index contributed by atoms with van der Waals surface area (Å²) in [6.45, 7) is 1.95. The number of anilines is 1. The van der Waals surface area contributed by atoms with Gasteiger partial charge in [-0.15, -0.1) is 0 Å². The van der Waals surface area contributed by atoms with E-state index in [1.54, 1.807) is 0 Å². The molecule has 0 fully saturated rings. The summed E-state index contributed by atoms with van der Waals surface area (Å²) in [5, 5.41) is 10.1. The third-order valence-corrected chi connectivity index (χ3v) is 3.75. The first-order valence-electron chi connectivity index (χ1n) is 7.68. The van der Waals surface area contributed by atoms with E-state index >= 15 is 0 Å². The maximum absolute atomic E-state index is 12.2. The van der Waals surface area contributed by atoms with Crippen molar-refractivity contribution in [2.24, 2.45) is 0 Å². The third-order valence-electron chi connectivity index (χ3n) is 3.75. The monoisotopic (exact) mass is 305 g/mol. The molecule has 2 N–H and O–H groups in total. The summed E-state index contributed by atoms with van der Waals surface area (Å²) in [7, 11) is 0. The molecule has 1 amide bonds. The average molecular weight is 305 g/mol. The number of nitrogens with one attached hydrogen (secondary N) is 2. The molecule has 0 bridgehead atoms. The quantitative estimate of drug-likeness (QED) is 0.749. The lowest BCUT2D eigenvalue weighted by Gasteiger charge is -2.06. The maximum Gasteiger partial charge on any atom is 0.225 e. The van der Waals surface area contributed by atoms with Crippen molar-refractivity contribution in [2.45, 2.75) is 19.8 Å². The zero-order chi connectivity index (χ0) is 16.1. The predicted molar refractivity (Wildman–Crippen MR) is 92.2 cm³/mol. The number of aromatic nitrogens is 2. The van der Waals surface area contributed by atoms with Crippen LogP contribution in [0.15, 0.2) is 60.7 Å². The molecule has 0 aliphatic heterocycles. The van der Waals surface area contributed by atoms with Crippen molar-refractivity contribution >= 4 is 11.7 Å². The molecule has 0 aliphatic carbocycles. The number of aryl methyl sites for hydroxylation is 2. The van der Waals surface area contributed by atoms with Crippen LogP contribution in [-0.4, -0.2) is 16.1 Å². The van der Waals surface area contributed by atoms with Crippen LogP contribution in [0, 0.1) is 6.92 Å². The number of aromatic amines is 1. The van der Waals surface area contributed by atoms with Crippen molar-refractivity contribution in [1.82, 2.24) is 10.2 Å². The molecule has 3 rings (SSSR count). The summed E-state index contributed by atoms with van der Waals surface area (Å²) >= 11 is 0. The summed E-state index contributed by atoms with van der Waals surface area (Å²) in [4.78, 5) is 12.2. The molecule has 0 spiro atoms. The Morgan fingerprint density at radius 3 is 2.39 bits per heavy atom. The van der Waals surface area contributed by atoms with Crippen LogP contribution in [0.25, 0.3) is 11.1 Å². The summed E-state index contributed by atoms with van der Waals surface area (Å²) < 4.78 is 0. The van der Waals surface area contributed by atoms with Gasteiger partial charge in [0.15, 0.2) is 5.82 Å². The lowest BCUT2D eigenvalue weighted by Crippen LogP contribution is -2.13. The first-order valence-corrected chi connectivity index (χ1v) is 7.68. The lowest BCUT2D eigenvalue weighted by molar-refractivity contribution is -0.116. The molecule has 0 radical (unpaired) electrons. The van der Waals surface area contributed by atoms with E-state index in [2.05, 4.69) is 15.5 Å². The maximum atomic E-state index is 12.2. The molecule has 0 saturated heterocycles. The number of nitrogens with zero attached hydrogens (tertiary/aromatic N) is 1. The Balaban J connectivity index is 1.70. The van der Waals surface area contributed by atoms with Crippen molar-refractivity contribution in [3.05, 3.63) is 71.9 Å². The van der Waals surface area contributed by atoms with Gasteiger partial charge >= 0.3 is 0 Å². The van der Waals surface area contributed by atoms with E-state index in [0.29, 0.717) is 12.2 Å². The highest BCUT2D eigenvalue weighted by molar-refractivity contribution is 5.94. The molecule has 0 unspecified atom stereocenters. The van der Waals surface area contributed by atoms with E-state index in [0.717, 1.165) is 28.8 Å². The predicted octanol–water partition coefficient (Wildman–Crippen LogP) is 3.96. The van der Waals surface area contributed by atoms with Gasteiger partial charge in [0.1, 0.15) is 0 Å². The second-order valence-electron chi connectivity index (χ2n) is 5.47. The number of hydrogen-bond acceptors (Lipinski definition) is 2. The van der Waals surface area contributed by atoms with Crippen LogP contribution >= 0.6 is 0 Å². The van der Waals surface area contributed by atoms with Gasteiger partial charge in [-0.2, -0.15) is 5.10 Å². The standard InChI is InChI=1S/C19H19N3O/c1-14-18(16-10-6-3-7-11-16)19(22-21-14)20-17(23)13-12-15-8-4-2-5-9-15/h2-11H,12-13H2,1H3,(H2,20,21,22,23). The zero-order valence-electron chi connectivity index (χ0n) is 13.0. The van der Waals surface area contributed by atoms with Gasteiger partial charge in [-0.1, -0.05) is 60.7 Å². The molecule has 4 heteroatoms. The fraction of sp³-hybridized carbons (Fsp3) is 0.158. The number of H-pyrrole nitrogens is 1. The zero-order valence-corrected chi connectivity index (χ0v) is 13.0. The van der Waals surface area contributed by atoms with E-state index in [9.17, 15) is 4.79 Å². The topological polar surface area (TPSA) is 57.8 Å². The summed E-state index contributed by atoms with van der Waals surface area (Å²) in [6, 6.07) is 19.9. The van der Waals surface area contributed by atoms with Crippen LogP contribution in [0.3, 0.4) is 0 Å². The molecule has 3 aromatic rings. The largest absolute Gasteiger partial charge is 0.309 e. The normalized spacial score (nSPS) is 10.5. The Morgan fingerprint density at radius 2 is 1.70 bits per heavy atom. The summed E-state index contributed by atoms with van der Waals surface area (Å²) in [5.41, 5.74) is 4.08. The number of carbonyl (C=O) groups excluding carboxylic acids is 1. The molecule has 0 aliphatic rings. The molecule has 23 heavy (non-hydrogen) atoms. The van der Waals surface area contributed by atoms with E-state index in [1.807, 2.05) is 67.6 Å². The number of rotatable bonds is 5. The number of amides is 1. The molecule has 1 aromatic heterocycles. The highest BCUT2D eigenvalue weighted by Crippen LogP contribution is 2.29.